The van der Waals surface area contributed by atoms with E-state index >= 15 is 0 Å². The van der Waals surface area contributed by atoms with E-state index in [2.05, 4.69) is 10.2 Å². The first-order valence-corrected chi connectivity index (χ1v) is 10.8. The van der Waals surface area contributed by atoms with E-state index in [0.717, 1.165) is 16.7 Å². The lowest BCUT2D eigenvalue weighted by Gasteiger charge is -2.34. The second-order valence-electron chi connectivity index (χ2n) is 7.44. The fourth-order valence-electron chi connectivity index (χ4n) is 3.58. The molecular weight excluding hydrogens is 388 g/mol. The molecule has 1 saturated heterocycles. The van der Waals surface area contributed by atoms with Crippen LogP contribution in [0.15, 0.2) is 29.6 Å². The standard InChI is InChI=1S/C22H28N2O4S/c1-5-27-22(26)20-18(17-8-6-14(2)7-9-17)13-29-21(20)23-19(25)12-24-10-15(3)28-16(4)11-24/h6-9,13,15-16H,5,10-12H2,1-4H3,(H,23,25). The number of benzene rings is 1. The van der Waals surface area contributed by atoms with Crippen molar-refractivity contribution in [2.75, 3.05) is 31.6 Å². The van der Waals surface area contributed by atoms with Crippen LogP contribution < -0.4 is 5.32 Å². The van der Waals surface area contributed by atoms with Crippen molar-refractivity contribution in [1.82, 2.24) is 4.90 Å². The minimum atomic E-state index is -0.423. The highest BCUT2D eigenvalue weighted by Gasteiger charge is 2.26. The van der Waals surface area contributed by atoms with Crippen LogP contribution in [0.3, 0.4) is 0 Å². The normalized spacial score (nSPS) is 19.7. The molecule has 29 heavy (non-hydrogen) atoms. The molecule has 2 atom stereocenters. The third kappa shape index (κ3) is 5.44. The zero-order chi connectivity index (χ0) is 21.0. The fraction of sp³-hybridized carbons (Fsp3) is 0.455. The Morgan fingerprint density at radius 1 is 1.21 bits per heavy atom. The lowest BCUT2D eigenvalue weighted by Crippen LogP contribution is -2.48. The van der Waals surface area contributed by atoms with Crippen molar-refractivity contribution >= 4 is 28.2 Å². The molecule has 3 rings (SSSR count). The van der Waals surface area contributed by atoms with E-state index in [0.29, 0.717) is 23.7 Å². The molecule has 0 radical (unpaired) electrons. The quantitative estimate of drug-likeness (QED) is 0.723. The molecule has 1 aromatic carbocycles. The van der Waals surface area contributed by atoms with Gasteiger partial charge in [-0.2, -0.15) is 0 Å². The number of aryl methyl sites for hydroxylation is 1. The second kappa shape index (κ2) is 9.52. The van der Waals surface area contributed by atoms with Gasteiger partial charge in [-0.05, 0) is 33.3 Å². The smallest absolute Gasteiger partial charge is 0.341 e. The van der Waals surface area contributed by atoms with Crippen molar-refractivity contribution in [3.05, 3.63) is 40.8 Å². The fourth-order valence-corrected chi connectivity index (χ4v) is 4.56. The Hall–Kier alpha value is -2.22. The molecule has 2 unspecified atom stereocenters. The van der Waals surface area contributed by atoms with Crippen LogP contribution in [0.25, 0.3) is 11.1 Å². The molecule has 2 aromatic rings. The number of rotatable bonds is 6. The van der Waals surface area contributed by atoms with Crippen LogP contribution >= 0.6 is 11.3 Å². The van der Waals surface area contributed by atoms with Crippen LogP contribution in [0.5, 0.6) is 0 Å². The predicted octanol–water partition coefficient (Wildman–Crippen LogP) is 3.95. The van der Waals surface area contributed by atoms with Crippen molar-refractivity contribution in [3.8, 4) is 11.1 Å². The number of ether oxygens (including phenoxy) is 2. The van der Waals surface area contributed by atoms with Crippen LogP contribution in [0, 0.1) is 6.92 Å². The molecule has 1 fully saturated rings. The summed E-state index contributed by atoms with van der Waals surface area (Å²) in [6, 6.07) is 7.95. The average Bonchev–Trinajstić information content (AvgIpc) is 3.05. The minimum absolute atomic E-state index is 0.0940. The van der Waals surface area contributed by atoms with E-state index in [-0.39, 0.29) is 31.3 Å². The number of nitrogens with zero attached hydrogens (tertiary/aromatic N) is 1. The average molecular weight is 417 g/mol. The molecule has 7 heteroatoms. The van der Waals surface area contributed by atoms with Crippen molar-refractivity contribution in [1.29, 1.82) is 0 Å². The summed E-state index contributed by atoms with van der Waals surface area (Å²) in [6.45, 7) is 9.76. The molecule has 0 spiro atoms. The summed E-state index contributed by atoms with van der Waals surface area (Å²) in [7, 11) is 0. The first-order chi connectivity index (χ1) is 13.9. The van der Waals surface area contributed by atoms with Crippen molar-refractivity contribution in [2.45, 2.75) is 39.9 Å². The van der Waals surface area contributed by atoms with Gasteiger partial charge in [0.05, 0.1) is 25.4 Å². The highest BCUT2D eigenvalue weighted by Crippen LogP contribution is 2.36. The second-order valence-corrected chi connectivity index (χ2v) is 8.32. The Labute approximate surface area is 175 Å². The van der Waals surface area contributed by atoms with Crippen molar-refractivity contribution in [2.24, 2.45) is 0 Å². The molecule has 1 amide bonds. The molecule has 0 aliphatic carbocycles. The highest BCUT2D eigenvalue weighted by molar-refractivity contribution is 7.15. The minimum Gasteiger partial charge on any atom is -0.462 e. The third-order valence-corrected chi connectivity index (χ3v) is 5.64. The topological polar surface area (TPSA) is 67.9 Å². The SMILES string of the molecule is CCOC(=O)c1c(-c2ccc(C)cc2)csc1NC(=O)CN1CC(C)OC(C)C1. The Balaban J connectivity index is 1.80. The lowest BCUT2D eigenvalue weighted by atomic mass is 10.0. The number of hydrogen-bond donors (Lipinski definition) is 1. The first-order valence-electron chi connectivity index (χ1n) is 9.90. The van der Waals surface area contributed by atoms with Crippen LogP contribution in [0.1, 0.15) is 36.7 Å². The number of nitrogens with one attached hydrogen (secondary N) is 1. The van der Waals surface area contributed by atoms with Gasteiger partial charge in [0, 0.05) is 24.0 Å². The zero-order valence-electron chi connectivity index (χ0n) is 17.4. The van der Waals surface area contributed by atoms with Gasteiger partial charge in [0.2, 0.25) is 5.91 Å². The third-order valence-electron chi connectivity index (χ3n) is 4.75. The van der Waals surface area contributed by atoms with E-state index in [1.54, 1.807) is 6.92 Å². The number of carbonyl (C=O) groups is 2. The molecule has 1 aliphatic rings. The van der Waals surface area contributed by atoms with E-state index in [9.17, 15) is 9.59 Å². The van der Waals surface area contributed by atoms with Crippen molar-refractivity contribution < 1.29 is 19.1 Å². The van der Waals surface area contributed by atoms with Crippen LogP contribution in [0.2, 0.25) is 0 Å². The Morgan fingerprint density at radius 3 is 2.48 bits per heavy atom. The molecule has 156 valence electrons. The summed E-state index contributed by atoms with van der Waals surface area (Å²) in [6.07, 6.45) is 0.188. The number of esters is 1. The number of anilines is 1. The van der Waals surface area contributed by atoms with E-state index in [1.165, 1.54) is 11.3 Å². The molecule has 1 aliphatic heterocycles. The molecule has 6 nitrogen and oxygen atoms in total. The van der Waals surface area contributed by atoms with Crippen LogP contribution in [-0.4, -0.2) is 55.2 Å². The Morgan fingerprint density at radius 2 is 1.86 bits per heavy atom. The number of thiophene rings is 1. The van der Waals surface area contributed by atoms with Crippen LogP contribution in [0.4, 0.5) is 5.00 Å². The van der Waals surface area contributed by atoms with Gasteiger partial charge in [-0.15, -0.1) is 11.3 Å². The van der Waals surface area contributed by atoms with Crippen LogP contribution in [-0.2, 0) is 14.3 Å². The molecule has 0 saturated carbocycles. The summed E-state index contributed by atoms with van der Waals surface area (Å²) in [4.78, 5) is 27.4. The first kappa shape index (κ1) is 21.5. The summed E-state index contributed by atoms with van der Waals surface area (Å²) in [5.74, 6) is -0.567. The van der Waals surface area contributed by atoms with Gasteiger partial charge in [-0.1, -0.05) is 29.8 Å². The summed E-state index contributed by atoms with van der Waals surface area (Å²) >= 11 is 1.34. The maximum atomic E-state index is 12.7. The van der Waals surface area contributed by atoms with Gasteiger partial charge in [0.25, 0.3) is 0 Å². The van der Waals surface area contributed by atoms with E-state index < -0.39 is 5.97 Å². The number of hydrogen-bond acceptors (Lipinski definition) is 6. The summed E-state index contributed by atoms with van der Waals surface area (Å²) in [5.41, 5.74) is 3.26. The lowest BCUT2D eigenvalue weighted by molar-refractivity contribution is -0.121. The molecular formula is C22H28N2O4S. The maximum absolute atomic E-state index is 12.7. The Bertz CT molecular complexity index is 852. The van der Waals surface area contributed by atoms with Gasteiger partial charge < -0.3 is 14.8 Å². The summed E-state index contributed by atoms with van der Waals surface area (Å²) in [5, 5.41) is 5.35. The van der Waals surface area contributed by atoms with Gasteiger partial charge >= 0.3 is 5.97 Å². The molecule has 0 bridgehead atoms. The number of amides is 1. The van der Waals surface area contributed by atoms with Gasteiger partial charge in [-0.25, -0.2) is 4.79 Å². The molecule has 1 N–H and O–H groups in total. The van der Waals surface area contributed by atoms with Crippen molar-refractivity contribution in [3.63, 3.8) is 0 Å². The van der Waals surface area contributed by atoms with E-state index in [4.69, 9.17) is 9.47 Å². The summed E-state index contributed by atoms with van der Waals surface area (Å²) < 4.78 is 11.0. The largest absolute Gasteiger partial charge is 0.462 e. The molecule has 1 aromatic heterocycles. The van der Waals surface area contributed by atoms with Gasteiger partial charge in [0.15, 0.2) is 0 Å². The molecule has 2 heterocycles. The predicted molar refractivity (Wildman–Crippen MR) is 116 cm³/mol. The van der Waals surface area contributed by atoms with E-state index in [1.807, 2.05) is 50.4 Å². The zero-order valence-corrected chi connectivity index (χ0v) is 18.2. The number of carbonyl (C=O) groups excluding carboxylic acids is 2. The highest BCUT2D eigenvalue weighted by atomic mass is 32.1. The monoisotopic (exact) mass is 416 g/mol. The Kier molecular flexibility index (Phi) is 7.05. The maximum Gasteiger partial charge on any atom is 0.341 e. The number of morpholine rings is 1. The van der Waals surface area contributed by atoms with Gasteiger partial charge in [0.1, 0.15) is 10.6 Å². The van der Waals surface area contributed by atoms with Gasteiger partial charge in [-0.3, -0.25) is 9.69 Å².